The standard InChI is InChI=1S/C16H22O2/c17-16(12-11-14-7-3-1-4-8-14)18-13-15-9-5-2-6-10-15/h2,5-6,9-10,14H,1,3-4,7-8,11-13H2. The maximum atomic E-state index is 11.6. The highest BCUT2D eigenvalue weighted by molar-refractivity contribution is 5.69. The van der Waals surface area contributed by atoms with E-state index in [0.29, 0.717) is 13.0 Å². The third-order valence-corrected chi connectivity index (χ3v) is 3.72. The van der Waals surface area contributed by atoms with Crippen LogP contribution < -0.4 is 0 Å². The van der Waals surface area contributed by atoms with Gasteiger partial charge in [0.2, 0.25) is 0 Å². The van der Waals surface area contributed by atoms with Gasteiger partial charge in [0, 0.05) is 6.42 Å². The first-order valence-corrected chi connectivity index (χ1v) is 7.04. The molecule has 0 unspecified atom stereocenters. The highest BCUT2D eigenvalue weighted by atomic mass is 16.5. The molecule has 2 rings (SSSR count). The van der Waals surface area contributed by atoms with Crippen molar-refractivity contribution >= 4 is 5.97 Å². The Balaban J connectivity index is 1.63. The van der Waals surface area contributed by atoms with Crippen LogP contribution in [0.25, 0.3) is 0 Å². The van der Waals surface area contributed by atoms with Crippen LogP contribution in [0.2, 0.25) is 0 Å². The molecule has 0 N–H and O–H groups in total. The van der Waals surface area contributed by atoms with E-state index < -0.39 is 0 Å². The quantitative estimate of drug-likeness (QED) is 0.731. The highest BCUT2D eigenvalue weighted by Crippen LogP contribution is 2.27. The Morgan fingerprint density at radius 1 is 1.11 bits per heavy atom. The van der Waals surface area contributed by atoms with E-state index in [-0.39, 0.29) is 5.97 Å². The lowest BCUT2D eigenvalue weighted by Crippen LogP contribution is -2.10. The van der Waals surface area contributed by atoms with Crippen LogP contribution in [-0.4, -0.2) is 5.97 Å². The van der Waals surface area contributed by atoms with Gasteiger partial charge in [-0.2, -0.15) is 0 Å². The van der Waals surface area contributed by atoms with Crippen molar-refractivity contribution in [3.05, 3.63) is 35.9 Å². The molecule has 1 aliphatic carbocycles. The van der Waals surface area contributed by atoms with Gasteiger partial charge in [-0.15, -0.1) is 0 Å². The zero-order valence-corrected chi connectivity index (χ0v) is 10.9. The summed E-state index contributed by atoms with van der Waals surface area (Å²) in [5.74, 6) is 0.701. The summed E-state index contributed by atoms with van der Waals surface area (Å²) in [5, 5.41) is 0. The molecule has 1 saturated carbocycles. The molecule has 0 aliphatic heterocycles. The van der Waals surface area contributed by atoms with E-state index in [4.69, 9.17) is 4.74 Å². The smallest absolute Gasteiger partial charge is 0.306 e. The lowest BCUT2D eigenvalue weighted by Gasteiger charge is -2.20. The van der Waals surface area contributed by atoms with Crippen LogP contribution in [0.4, 0.5) is 0 Å². The van der Waals surface area contributed by atoms with Crippen LogP contribution >= 0.6 is 0 Å². The van der Waals surface area contributed by atoms with Crippen molar-refractivity contribution in [2.75, 3.05) is 0 Å². The fraction of sp³-hybridized carbons (Fsp3) is 0.562. The largest absolute Gasteiger partial charge is 0.461 e. The van der Waals surface area contributed by atoms with Gasteiger partial charge in [-0.25, -0.2) is 0 Å². The number of esters is 1. The van der Waals surface area contributed by atoms with Crippen LogP contribution in [0.3, 0.4) is 0 Å². The van der Waals surface area contributed by atoms with E-state index >= 15 is 0 Å². The first-order chi connectivity index (χ1) is 8.84. The Morgan fingerprint density at radius 2 is 1.83 bits per heavy atom. The summed E-state index contributed by atoms with van der Waals surface area (Å²) >= 11 is 0. The fourth-order valence-electron chi connectivity index (χ4n) is 2.61. The summed E-state index contributed by atoms with van der Waals surface area (Å²) in [7, 11) is 0. The van der Waals surface area contributed by atoms with Crippen molar-refractivity contribution in [1.29, 1.82) is 0 Å². The van der Waals surface area contributed by atoms with Crippen LogP contribution in [0.15, 0.2) is 30.3 Å². The van der Waals surface area contributed by atoms with Gasteiger partial charge in [0.25, 0.3) is 0 Å². The van der Waals surface area contributed by atoms with Crippen LogP contribution in [0.1, 0.15) is 50.5 Å². The molecule has 1 aliphatic rings. The van der Waals surface area contributed by atoms with Crippen molar-refractivity contribution in [2.45, 2.75) is 51.6 Å². The Kier molecular flexibility index (Phi) is 5.25. The SMILES string of the molecule is O=C(CCC1CCCCC1)OCc1ccccc1. The second-order valence-corrected chi connectivity index (χ2v) is 5.19. The van der Waals surface area contributed by atoms with E-state index in [1.165, 1.54) is 32.1 Å². The van der Waals surface area contributed by atoms with Crippen molar-refractivity contribution in [2.24, 2.45) is 5.92 Å². The first-order valence-electron chi connectivity index (χ1n) is 7.04. The molecule has 0 amide bonds. The van der Waals surface area contributed by atoms with Crippen molar-refractivity contribution in [3.63, 3.8) is 0 Å². The predicted octanol–water partition coefficient (Wildman–Crippen LogP) is 4.09. The number of carbonyl (C=O) groups is 1. The van der Waals surface area contributed by atoms with Gasteiger partial charge in [-0.3, -0.25) is 4.79 Å². The summed E-state index contributed by atoms with van der Waals surface area (Å²) in [6, 6.07) is 9.85. The molecule has 18 heavy (non-hydrogen) atoms. The number of carbonyl (C=O) groups excluding carboxylic acids is 1. The van der Waals surface area contributed by atoms with E-state index in [2.05, 4.69) is 0 Å². The van der Waals surface area contributed by atoms with Gasteiger partial charge in [-0.1, -0.05) is 62.4 Å². The van der Waals surface area contributed by atoms with E-state index in [9.17, 15) is 4.79 Å². The van der Waals surface area contributed by atoms with Gasteiger partial charge >= 0.3 is 5.97 Å². The minimum Gasteiger partial charge on any atom is -0.461 e. The molecule has 1 aromatic carbocycles. The lowest BCUT2D eigenvalue weighted by atomic mass is 9.86. The monoisotopic (exact) mass is 246 g/mol. The number of rotatable bonds is 5. The summed E-state index contributed by atoms with van der Waals surface area (Å²) in [6.07, 6.45) is 8.23. The molecule has 0 aromatic heterocycles. The molecule has 98 valence electrons. The fourth-order valence-corrected chi connectivity index (χ4v) is 2.61. The normalized spacial score (nSPS) is 16.4. The third kappa shape index (κ3) is 4.52. The third-order valence-electron chi connectivity index (χ3n) is 3.72. The average molecular weight is 246 g/mol. The zero-order valence-electron chi connectivity index (χ0n) is 10.9. The molecule has 0 spiro atoms. The summed E-state index contributed by atoms with van der Waals surface area (Å²) in [4.78, 5) is 11.6. The lowest BCUT2D eigenvalue weighted by molar-refractivity contribution is -0.145. The van der Waals surface area contributed by atoms with Gasteiger partial charge in [0.15, 0.2) is 0 Å². The molecule has 0 radical (unpaired) electrons. The Hall–Kier alpha value is -1.31. The van der Waals surface area contributed by atoms with Crippen LogP contribution in [0, 0.1) is 5.92 Å². The van der Waals surface area contributed by atoms with Gasteiger partial charge in [0.1, 0.15) is 6.61 Å². The zero-order chi connectivity index (χ0) is 12.6. The predicted molar refractivity (Wildman–Crippen MR) is 72.0 cm³/mol. The number of benzene rings is 1. The second-order valence-electron chi connectivity index (χ2n) is 5.19. The Bertz CT molecular complexity index is 353. The molecular formula is C16H22O2. The van der Waals surface area contributed by atoms with Gasteiger partial charge in [-0.05, 0) is 17.9 Å². The molecule has 0 saturated heterocycles. The number of hydrogen-bond acceptors (Lipinski definition) is 2. The molecule has 0 bridgehead atoms. The Labute approximate surface area is 109 Å². The van der Waals surface area contributed by atoms with Gasteiger partial charge < -0.3 is 4.74 Å². The van der Waals surface area contributed by atoms with E-state index in [1.807, 2.05) is 30.3 Å². The topological polar surface area (TPSA) is 26.3 Å². The van der Waals surface area contributed by atoms with Crippen molar-refractivity contribution < 1.29 is 9.53 Å². The van der Waals surface area contributed by atoms with Crippen molar-refractivity contribution in [1.82, 2.24) is 0 Å². The van der Waals surface area contributed by atoms with Gasteiger partial charge in [0.05, 0.1) is 0 Å². The number of hydrogen-bond donors (Lipinski definition) is 0. The highest BCUT2D eigenvalue weighted by Gasteiger charge is 2.15. The molecule has 2 nitrogen and oxygen atoms in total. The first kappa shape index (κ1) is 13.1. The summed E-state index contributed by atoms with van der Waals surface area (Å²) in [5.41, 5.74) is 1.06. The Morgan fingerprint density at radius 3 is 2.56 bits per heavy atom. The minimum absolute atomic E-state index is 0.0515. The number of ether oxygens (including phenoxy) is 1. The van der Waals surface area contributed by atoms with Crippen molar-refractivity contribution in [3.8, 4) is 0 Å². The van der Waals surface area contributed by atoms with E-state index in [0.717, 1.165) is 17.9 Å². The molecular weight excluding hydrogens is 224 g/mol. The average Bonchev–Trinajstić information content (AvgIpc) is 2.45. The van der Waals surface area contributed by atoms with Crippen LogP contribution in [0.5, 0.6) is 0 Å². The summed E-state index contributed by atoms with van der Waals surface area (Å²) < 4.78 is 5.28. The molecule has 2 heteroatoms. The maximum Gasteiger partial charge on any atom is 0.306 e. The summed E-state index contributed by atoms with van der Waals surface area (Å²) in [6.45, 7) is 0.407. The molecule has 1 aromatic rings. The molecule has 0 heterocycles. The van der Waals surface area contributed by atoms with E-state index in [1.54, 1.807) is 0 Å². The molecule has 0 atom stereocenters. The van der Waals surface area contributed by atoms with Crippen LogP contribution in [-0.2, 0) is 16.1 Å². The molecule has 1 fully saturated rings. The minimum atomic E-state index is -0.0515. The second kappa shape index (κ2) is 7.20. The maximum absolute atomic E-state index is 11.6.